The Morgan fingerprint density at radius 2 is 1.57 bits per heavy atom. The molecule has 2 aromatic rings. The molecule has 9 heteroatoms. The van der Waals surface area contributed by atoms with Gasteiger partial charge in [0.25, 0.3) is 5.91 Å². The van der Waals surface area contributed by atoms with E-state index in [1.165, 1.54) is 12.1 Å². The molecule has 0 saturated carbocycles. The Labute approximate surface area is 135 Å². The van der Waals surface area contributed by atoms with Gasteiger partial charge >= 0.3 is 0 Å². The highest BCUT2D eigenvalue weighted by atomic mass is 79.9. The lowest BCUT2D eigenvalue weighted by molar-refractivity contribution is -0.118. The molecule has 1 N–H and O–H groups in total. The van der Waals surface area contributed by atoms with Crippen molar-refractivity contribution in [3.8, 4) is 5.75 Å². The first-order chi connectivity index (χ1) is 10.8. The fourth-order valence-electron chi connectivity index (χ4n) is 1.61. The van der Waals surface area contributed by atoms with Gasteiger partial charge in [-0.2, -0.15) is 8.78 Å². The standard InChI is InChI=1S/C14H7BrF5NO2/c15-6-2-1-3-7(4-6)21-8(22)5-23-14-12(19)10(17)9(16)11(18)13(14)20/h1-4H,5H2,(H,21,22). The molecule has 3 nitrogen and oxygen atoms in total. The molecule has 0 bridgehead atoms. The molecule has 23 heavy (non-hydrogen) atoms. The molecule has 0 aliphatic carbocycles. The summed E-state index contributed by atoms with van der Waals surface area (Å²) in [4.78, 5) is 11.6. The van der Waals surface area contributed by atoms with Crippen LogP contribution in [0.5, 0.6) is 5.75 Å². The molecular formula is C14H7BrF5NO2. The van der Waals surface area contributed by atoms with E-state index in [1.54, 1.807) is 12.1 Å². The molecule has 0 atom stereocenters. The summed E-state index contributed by atoms with van der Waals surface area (Å²) in [7, 11) is 0. The Morgan fingerprint density at radius 3 is 2.13 bits per heavy atom. The van der Waals surface area contributed by atoms with Crippen molar-refractivity contribution in [1.29, 1.82) is 0 Å². The fourth-order valence-corrected chi connectivity index (χ4v) is 2.01. The molecule has 0 heterocycles. The molecule has 0 aliphatic heterocycles. The molecule has 0 fully saturated rings. The van der Waals surface area contributed by atoms with Crippen LogP contribution in [0, 0.1) is 29.1 Å². The predicted octanol–water partition coefficient (Wildman–Crippen LogP) is 4.16. The van der Waals surface area contributed by atoms with Gasteiger partial charge in [0.05, 0.1) is 0 Å². The molecule has 2 rings (SSSR count). The van der Waals surface area contributed by atoms with Crippen LogP contribution in [0.4, 0.5) is 27.6 Å². The van der Waals surface area contributed by atoms with Crippen molar-refractivity contribution in [2.24, 2.45) is 0 Å². The Hall–Kier alpha value is -2.16. The molecule has 1 amide bonds. The van der Waals surface area contributed by atoms with Crippen molar-refractivity contribution in [3.05, 3.63) is 57.8 Å². The van der Waals surface area contributed by atoms with Crippen molar-refractivity contribution < 1.29 is 31.5 Å². The summed E-state index contributed by atoms with van der Waals surface area (Å²) in [5.41, 5.74) is 0.352. The molecule has 0 aliphatic rings. The van der Waals surface area contributed by atoms with Gasteiger partial charge < -0.3 is 10.1 Å². The summed E-state index contributed by atoms with van der Waals surface area (Å²) in [5.74, 6) is -13.2. The largest absolute Gasteiger partial charge is 0.477 e. The number of hydrogen-bond donors (Lipinski definition) is 1. The third-order valence-electron chi connectivity index (χ3n) is 2.63. The minimum absolute atomic E-state index is 0.352. The van der Waals surface area contributed by atoms with Crippen LogP contribution in [-0.4, -0.2) is 12.5 Å². The van der Waals surface area contributed by atoms with Crippen molar-refractivity contribution in [2.75, 3.05) is 11.9 Å². The number of carbonyl (C=O) groups is 1. The number of rotatable bonds is 4. The van der Waals surface area contributed by atoms with Crippen molar-refractivity contribution in [1.82, 2.24) is 0 Å². The maximum absolute atomic E-state index is 13.3. The zero-order valence-corrected chi connectivity index (χ0v) is 12.7. The van der Waals surface area contributed by atoms with E-state index in [4.69, 9.17) is 0 Å². The highest BCUT2D eigenvalue weighted by molar-refractivity contribution is 9.10. The normalized spacial score (nSPS) is 10.5. The van der Waals surface area contributed by atoms with E-state index in [0.29, 0.717) is 10.2 Å². The second-order valence-corrected chi connectivity index (χ2v) is 5.16. The van der Waals surface area contributed by atoms with E-state index in [2.05, 4.69) is 26.0 Å². The average molecular weight is 396 g/mol. The van der Waals surface area contributed by atoms with Crippen molar-refractivity contribution in [2.45, 2.75) is 0 Å². The molecule has 0 radical (unpaired) electrons. The van der Waals surface area contributed by atoms with E-state index in [0.717, 1.165) is 0 Å². The molecule has 0 unspecified atom stereocenters. The van der Waals surface area contributed by atoms with Gasteiger partial charge in [-0.25, -0.2) is 13.2 Å². The number of anilines is 1. The predicted molar refractivity (Wildman–Crippen MR) is 74.5 cm³/mol. The zero-order valence-electron chi connectivity index (χ0n) is 11.1. The van der Waals surface area contributed by atoms with Crippen LogP contribution in [-0.2, 0) is 4.79 Å². The summed E-state index contributed by atoms with van der Waals surface area (Å²) < 4.78 is 70.6. The van der Waals surface area contributed by atoms with E-state index in [-0.39, 0.29) is 0 Å². The van der Waals surface area contributed by atoms with Gasteiger partial charge in [0.15, 0.2) is 12.4 Å². The molecule has 0 saturated heterocycles. The van der Waals surface area contributed by atoms with Gasteiger partial charge in [-0.3, -0.25) is 4.79 Å². The summed E-state index contributed by atoms with van der Waals surface area (Å²) >= 11 is 3.17. The van der Waals surface area contributed by atoms with Crippen LogP contribution in [0.15, 0.2) is 28.7 Å². The quantitative estimate of drug-likeness (QED) is 0.479. The van der Waals surface area contributed by atoms with E-state index < -0.39 is 47.3 Å². The Kier molecular flexibility index (Phi) is 5.19. The second kappa shape index (κ2) is 6.95. The number of hydrogen-bond acceptors (Lipinski definition) is 2. The maximum atomic E-state index is 13.3. The van der Waals surface area contributed by atoms with Crippen LogP contribution < -0.4 is 10.1 Å². The summed E-state index contributed by atoms with van der Waals surface area (Å²) in [6.45, 7) is -0.940. The lowest BCUT2D eigenvalue weighted by Crippen LogP contribution is -2.21. The number of benzene rings is 2. The smallest absolute Gasteiger partial charge is 0.262 e. The molecule has 2 aromatic carbocycles. The summed E-state index contributed by atoms with van der Waals surface area (Å²) in [5, 5.41) is 2.33. The van der Waals surface area contributed by atoms with Gasteiger partial charge in [0.2, 0.25) is 29.1 Å². The minimum Gasteiger partial charge on any atom is -0.477 e. The zero-order chi connectivity index (χ0) is 17.1. The van der Waals surface area contributed by atoms with Crippen molar-refractivity contribution >= 4 is 27.5 Å². The van der Waals surface area contributed by atoms with Gasteiger partial charge in [-0.15, -0.1) is 0 Å². The number of carbonyl (C=O) groups excluding carboxylic acids is 1. The van der Waals surface area contributed by atoms with Crippen LogP contribution in [0.3, 0.4) is 0 Å². The minimum atomic E-state index is -2.30. The first-order valence-corrected chi connectivity index (χ1v) is 6.80. The van der Waals surface area contributed by atoms with Crippen LogP contribution in [0.2, 0.25) is 0 Å². The van der Waals surface area contributed by atoms with Crippen molar-refractivity contribution in [3.63, 3.8) is 0 Å². The lowest BCUT2D eigenvalue weighted by Gasteiger charge is -2.10. The first-order valence-electron chi connectivity index (χ1n) is 6.01. The third kappa shape index (κ3) is 3.79. The lowest BCUT2D eigenvalue weighted by atomic mass is 10.2. The number of ether oxygens (including phenoxy) is 1. The first kappa shape index (κ1) is 17.2. The summed E-state index contributed by atoms with van der Waals surface area (Å²) in [6.07, 6.45) is 0. The number of nitrogens with one attached hydrogen (secondary N) is 1. The molecule has 0 spiro atoms. The van der Waals surface area contributed by atoms with Crippen LogP contribution in [0.25, 0.3) is 0 Å². The fraction of sp³-hybridized carbons (Fsp3) is 0.0714. The highest BCUT2D eigenvalue weighted by Crippen LogP contribution is 2.29. The molecule has 122 valence electrons. The maximum Gasteiger partial charge on any atom is 0.262 e. The SMILES string of the molecule is O=C(COc1c(F)c(F)c(F)c(F)c1F)Nc1cccc(Br)c1. The third-order valence-corrected chi connectivity index (χ3v) is 3.12. The Balaban J connectivity index is 2.11. The Bertz CT molecular complexity index is 740. The van der Waals surface area contributed by atoms with E-state index >= 15 is 0 Å². The van der Waals surface area contributed by atoms with Gasteiger partial charge in [-0.1, -0.05) is 22.0 Å². The number of halogens is 6. The van der Waals surface area contributed by atoms with E-state index in [9.17, 15) is 26.7 Å². The highest BCUT2D eigenvalue weighted by Gasteiger charge is 2.27. The Morgan fingerprint density at radius 1 is 1.00 bits per heavy atom. The molecule has 0 aromatic heterocycles. The average Bonchev–Trinajstić information content (AvgIpc) is 2.51. The monoisotopic (exact) mass is 395 g/mol. The second-order valence-electron chi connectivity index (χ2n) is 4.25. The van der Waals surface area contributed by atoms with Crippen LogP contribution in [0.1, 0.15) is 0 Å². The van der Waals surface area contributed by atoms with Gasteiger partial charge in [0.1, 0.15) is 0 Å². The van der Waals surface area contributed by atoms with Gasteiger partial charge in [0, 0.05) is 10.2 Å². The van der Waals surface area contributed by atoms with Gasteiger partial charge in [-0.05, 0) is 18.2 Å². The number of amides is 1. The topological polar surface area (TPSA) is 38.3 Å². The van der Waals surface area contributed by atoms with E-state index in [1.807, 2.05) is 0 Å². The summed E-state index contributed by atoms with van der Waals surface area (Å²) in [6, 6.07) is 6.38. The van der Waals surface area contributed by atoms with Crippen LogP contribution >= 0.6 is 15.9 Å². The molecular weight excluding hydrogens is 389 g/mol.